The molecule has 1 aromatic carbocycles. The van der Waals surface area contributed by atoms with Crippen LogP contribution in [-0.4, -0.2) is 30.6 Å². The van der Waals surface area contributed by atoms with Crippen LogP contribution >= 0.6 is 0 Å². The molecule has 9 nitrogen and oxygen atoms in total. The maximum Gasteiger partial charge on any atom is 0.319 e. The summed E-state index contributed by atoms with van der Waals surface area (Å²) in [6.45, 7) is 5.99. The van der Waals surface area contributed by atoms with E-state index in [0.717, 1.165) is 6.42 Å². The molecule has 9 heteroatoms. The molecule has 0 bridgehead atoms. The Balaban J connectivity index is 2.54. The molecule has 1 aliphatic rings. The Hall–Kier alpha value is -3.10. The van der Waals surface area contributed by atoms with Crippen LogP contribution in [0.3, 0.4) is 0 Å². The van der Waals surface area contributed by atoms with Gasteiger partial charge in [-0.15, -0.1) is 0 Å². The van der Waals surface area contributed by atoms with Crippen molar-refractivity contribution in [2.45, 2.75) is 19.4 Å². The van der Waals surface area contributed by atoms with Gasteiger partial charge in [0.05, 0.1) is 24.7 Å². The normalized spacial score (nSPS) is 19.6. The monoisotopic (exact) mass is 349 g/mol. The summed E-state index contributed by atoms with van der Waals surface area (Å²) in [7, 11) is 1.21. The average molecular weight is 349 g/mol. The third-order valence-electron chi connectivity index (χ3n) is 3.73. The first-order valence-electron chi connectivity index (χ1n) is 7.64. The highest BCUT2D eigenvalue weighted by Crippen LogP contribution is 2.37. The smallest absolute Gasteiger partial charge is 0.319 e. The van der Waals surface area contributed by atoms with Gasteiger partial charge in [0, 0.05) is 23.4 Å². The van der Waals surface area contributed by atoms with Crippen molar-refractivity contribution in [3.05, 3.63) is 46.2 Å². The number of rotatable bonds is 6. The molecule has 1 aliphatic heterocycles. The Morgan fingerprint density at radius 1 is 1.44 bits per heavy atom. The number of benzene rings is 1. The highest BCUT2D eigenvalue weighted by Gasteiger charge is 2.40. The van der Waals surface area contributed by atoms with E-state index >= 15 is 0 Å². The summed E-state index contributed by atoms with van der Waals surface area (Å²) in [6, 6.07) is 2.57. The number of nitrogens with one attached hydrogen (secondary N) is 2. The Bertz CT molecular complexity index is 718. The number of hydrogen-bond donors (Lipinski definition) is 2. The standard InChI is InChI=1S/C16H19N3O6/c1-4-7-25-12-6-5-10(19(22)23)8-11(12)14-13(15(20)24-3)9(2)17-16(21)18-14/h5-6,8,13-14H,2,4,7H2,1,3H3,(H2,17,18,21)/t13-,14+/m1/s1. The Kier molecular flexibility index (Phi) is 5.58. The van der Waals surface area contributed by atoms with Crippen LogP contribution in [0.2, 0.25) is 0 Å². The number of non-ortho nitro benzene ring substituents is 1. The van der Waals surface area contributed by atoms with Gasteiger partial charge in [0.25, 0.3) is 5.69 Å². The lowest BCUT2D eigenvalue weighted by Gasteiger charge is -2.33. The molecule has 2 N–H and O–H groups in total. The number of nitro benzene ring substituents is 1. The van der Waals surface area contributed by atoms with E-state index in [2.05, 4.69) is 17.2 Å². The van der Waals surface area contributed by atoms with Crippen LogP contribution in [-0.2, 0) is 9.53 Å². The van der Waals surface area contributed by atoms with Crippen molar-refractivity contribution in [2.75, 3.05) is 13.7 Å². The Labute approximate surface area is 144 Å². The number of carbonyl (C=O) groups is 2. The van der Waals surface area contributed by atoms with Crippen molar-refractivity contribution < 1.29 is 24.0 Å². The lowest BCUT2D eigenvalue weighted by molar-refractivity contribution is -0.385. The average Bonchev–Trinajstić information content (AvgIpc) is 2.58. The van der Waals surface area contributed by atoms with E-state index in [9.17, 15) is 19.7 Å². The van der Waals surface area contributed by atoms with Crippen molar-refractivity contribution in [2.24, 2.45) is 5.92 Å². The molecule has 0 radical (unpaired) electrons. The number of esters is 1. The zero-order valence-corrected chi connectivity index (χ0v) is 13.9. The first-order chi connectivity index (χ1) is 11.9. The van der Waals surface area contributed by atoms with Gasteiger partial charge < -0.3 is 20.1 Å². The number of hydrogen-bond acceptors (Lipinski definition) is 6. The Morgan fingerprint density at radius 2 is 2.16 bits per heavy atom. The summed E-state index contributed by atoms with van der Waals surface area (Å²) in [5.74, 6) is -1.23. The van der Waals surface area contributed by atoms with E-state index in [1.165, 1.54) is 25.3 Å². The molecule has 1 heterocycles. The van der Waals surface area contributed by atoms with E-state index in [-0.39, 0.29) is 11.4 Å². The van der Waals surface area contributed by atoms with Gasteiger partial charge in [0.1, 0.15) is 11.7 Å². The lowest BCUT2D eigenvalue weighted by Crippen LogP contribution is -2.51. The van der Waals surface area contributed by atoms with E-state index in [1.807, 2.05) is 6.92 Å². The van der Waals surface area contributed by atoms with Crippen molar-refractivity contribution in [1.82, 2.24) is 10.6 Å². The zero-order valence-electron chi connectivity index (χ0n) is 13.9. The molecule has 2 rings (SSSR count). The first kappa shape index (κ1) is 18.2. The summed E-state index contributed by atoms with van der Waals surface area (Å²) in [5.41, 5.74) is 0.281. The first-order valence-corrected chi connectivity index (χ1v) is 7.64. The third kappa shape index (κ3) is 3.87. The highest BCUT2D eigenvalue weighted by molar-refractivity contribution is 5.85. The van der Waals surface area contributed by atoms with E-state index in [1.54, 1.807) is 0 Å². The fraction of sp³-hybridized carbons (Fsp3) is 0.375. The molecule has 1 fully saturated rings. The number of nitro groups is 1. The SMILES string of the molecule is C=C1NC(=O)N[C@@H](c2cc([N+](=O)[O-])ccc2OCCC)[C@@H]1C(=O)OC. The molecular weight excluding hydrogens is 330 g/mol. The largest absolute Gasteiger partial charge is 0.493 e. The second-order valence-corrected chi connectivity index (χ2v) is 5.43. The molecule has 0 unspecified atom stereocenters. The molecular formula is C16H19N3O6. The van der Waals surface area contributed by atoms with Gasteiger partial charge in [-0.2, -0.15) is 0 Å². The van der Waals surface area contributed by atoms with Gasteiger partial charge in [-0.25, -0.2) is 4.79 Å². The summed E-state index contributed by atoms with van der Waals surface area (Å²) in [4.78, 5) is 34.6. The van der Waals surface area contributed by atoms with Crippen LogP contribution in [0.25, 0.3) is 0 Å². The minimum atomic E-state index is -0.950. The minimum absolute atomic E-state index is 0.147. The van der Waals surface area contributed by atoms with Crippen molar-refractivity contribution >= 4 is 17.7 Å². The summed E-state index contributed by atoms with van der Waals surface area (Å²) >= 11 is 0. The summed E-state index contributed by atoms with van der Waals surface area (Å²) in [5, 5.41) is 16.1. The maximum absolute atomic E-state index is 12.2. The van der Waals surface area contributed by atoms with Crippen LogP contribution in [0.15, 0.2) is 30.5 Å². The fourth-order valence-electron chi connectivity index (χ4n) is 2.58. The topological polar surface area (TPSA) is 120 Å². The van der Waals surface area contributed by atoms with Crippen molar-refractivity contribution in [3.63, 3.8) is 0 Å². The van der Waals surface area contributed by atoms with Gasteiger partial charge >= 0.3 is 12.0 Å². The van der Waals surface area contributed by atoms with Crippen LogP contribution in [0.4, 0.5) is 10.5 Å². The molecule has 1 aromatic rings. The lowest BCUT2D eigenvalue weighted by atomic mass is 9.88. The van der Waals surface area contributed by atoms with E-state index < -0.39 is 28.9 Å². The molecule has 0 aliphatic carbocycles. The number of amides is 2. The molecule has 1 saturated heterocycles. The predicted molar refractivity (Wildman–Crippen MR) is 87.9 cm³/mol. The van der Waals surface area contributed by atoms with Crippen LogP contribution in [0.5, 0.6) is 5.75 Å². The van der Waals surface area contributed by atoms with Crippen molar-refractivity contribution in [1.29, 1.82) is 0 Å². The third-order valence-corrected chi connectivity index (χ3v) is 3.73. The van der Waals surface area contributed by atoms with Crippen molar-refractivity contribution in [3.8, 4) is 5.75 Å². The zero-order chi connectivity index (χ0) is 18.6. The predicted octanol–water partition coefficient (Wildman–Crippen LogP) is 2.04. The van der Waals surface area contributed by atoms with Gasteiger partial charge in [-0.3, -0.25) is 14.9 Å². The summed E-state index contributed by atoms with van der Waals surface area (Å²) in [6.07, 6.45) is 0.724. The number of urea groups is 1. The van der Waals surface area contributed by atoms with E-state index in [4.69, 9.17) is 9.47 Å². The van der Waals surface area contributed by atoms with Gasteiger partial charge in [0.15, 0.2) is 0 Å². The summed E-state index contributed by atoms with van der Waals surface area (Å²) < 4.78 is 10.4. The quantitative estimate of drug-likeness (QED) is 0.461. The fourth-order valence-corrected chi connectivity index (χ4v) is 2.58. The Morgan fingerprint density at radius 3 is 2.76 bits per heavy atom. The van der Waals surface area contributed by atoms with Gasteiger partial charge in [-0.05, 0) is 12.5 Å². The molecule has 134 valence electrons. The minimum Gasteiger partial charge on any atom is -0.493 e. The van der Waals surface area contributed by atoms with E-state index in [0.29, 0.717) is 17.9 Å². The molecule has 2 atom stereocenters. The second-order valence-electron chi connectivity index (χ2n) is 5.43. The van der Waals surface area contributed by atoms with Crippen LogP contribution in [0.1, 0.15) is 24.9 Å². The maximum atomic E-state index is 12.2. The van der Waals surface area contributed by atoms with Gasteiger partial charge in [0.2, 0.25) is 0 Å². The highest BCUT2D eigenvalue weighted by atomic mass is 16.6. The van der Waals surface area contributed by atoms with Crippen LogP contribution < -0.4 is 15.4 Å². The number of carbonyl (C=O) groups excluding carboxylic acids is 2. The van der Waals surface area contributed by atoms with Gasteiger partial charge in [-0.1, -0.05) is 13.5 Å². The number of methoxy groups -OCH3 is 1. The molecule has 0 aromatic heterocycles. The molecule has 0 spiro atoms. The number of nitrogens with zero attached hydrogens (tertiary/aromatic N) is 1. The molecule has 2 amide bonds. The molecule has 25 heavy (non-hydrogen) atoms. The number of ether oxygens (including phenoxy) is 2. The molecule has 0 saturated carbocycles. The second kappa shape index (κ2) is 7.65. The van der Waals surface area contributed by atoms with Crippen LogP contribution in [0, 0.1) is 16.0 Å².